The molecule has 0 aliphatic heterocycles. The van der Waals surface area contributed by atoms with E-state index in [1.807, 2.05) is 0 Å². The number of hydrogen-bond acceptors (Lipinski definition) is 3. The van der Waals surface area contributed by atoms with E-state index in [4.69, 9.17) is 22.1 Å². The zero-order chi connectivity index (χ0) is 12.5. The van der Waals surface area contributed by atoms with Gasteiger partial charge in [0.05, 0.1) is 17.3 Å². The van der Waals surface area contributed by atoms with E-state index >= 15 is 0 Å². The lowest BCUT2D eigenvalue weighted by Crippen LogP contribution is -2.04. The molecular formula is C13H21ClN2O. The molecule has 17 heavy (non-hydrogen) atoms. The smallest absolute Gasteiger partial charge is 0.213 e. The second-order valence-electron chi connectivity index (χ2n) is 4.04. The molecule has 0 radical (unpaired) electrons. The number of nitrogens with zero attached hydrogens (tertiary/aromatic N) is 1. The van der Waals surface area contributed by atoms with Crippen molar-refractivity contribution in [1.29, 1.82) is 0 Å². The Morgan fingerprint density at radius 2 is 2.00 bits per heavy atom. The Kier molecular flexibility index (Phi) is 6.97. The number of nitrogens with two attached hydrogens (primary N) is 1. The number of unbranched alkanes of at least 4 members (excludes halogenated alkanes) is 4. The van der Waals surface area contributed by atoms with E-state index in [1.54, 1.807) is 12.1 Å². The van der Waals surface area contributed by atoms with Gasteiger partial charge in [-0.25, -0.2) is 4.98 Å². The van der Waals surface area contributed by atoms with Crippen molar-refractivity contribution in [1.82, 2.24) is 4.98 Å². The van der Waals surface area contributed by atoms with E-state index in [2.05, 4.69) is 11.9 Å². The number of aromatic nitrogens is 1. The minimum atomic E-state index is 0.340. The second-order valence-corrected chi connectivity index (χ2v) is 4.45. The Bertz CT molecular complexity index is 331. The number of pyridine rings is 1. The highest BCUT2D eigenvalue weighted by atomic mass is 35.5. The van der Waals surface area contributed by atoms with Gasteiger partial charge in [-0.05, 0) is 12.5 Å². The van der Waals surface area contributed by atoms with Gasteiger partial charge >= 0.3 is 0 Å². The highest BCUT2D eigenvalue weighted by Gasteiger charge is 2.02. The molecule has 0 aromatic carbocycles. The fraction of sp³-hybridized carbons (Fsp3) is 0.615. The molecule has 0 aliphatic rings. The van der Waals surface area contributed by atoms with Gasteiger partial charge in [0.1, 0.15) is 0 Å². The van der Waals surface area contributed by atoms with Crippen molar-refractivity contribution in [2.24, 2.45) is 5.73 Å². The van der Waals surface area contributed by atoms with E-state index in [1.165, 1.54) is 25.7 Å². The largest absolute Gasteiger partial charge is 0.478 e. The van der Waals surface area contributed by atoms with E-state index in [0.717, 1.165) is 6.42 Å². The average molecular weight is 257 g/mol. The molecule has 0 saturated heterocycles. The minimum absolute atomic E-state index is 0.340. The molecule has 1 aromatic heterocycles. The maximum Gasteiger partial charge on any atom is 0.213 e. The van der Waals surface area contributed by atoms with Crippen molar-refractivity contribution >= 4 is 11.6 Å². The second kappa shape index (κ2) is 8.31. The molecule has 96 valence electrons. The van der Waals surface area contributed by atoms with Crippen molar-refractivity contribution < 1.29 is 4.74 Å². The SMILES string of the molecule is CCCCCCCOc1ccc(Cl)c(CN)n1. The summed E-state index contributed by atoms with van der Waals surface area (Å²) in [6.07, 6.45) is 6.13. The lowest BCUT2D eigenvalue weighted by molar-refractivity contribution is 0.292. The summed E-state index contributed by atoms with van der Waals surface area (Å²) in [5, 5.41) is 0.600. The first kappa shape index (κ1) is 14.3. The Hall–Kier alpha value is -0.800. The van der Waals surface area contributed by atoms with Crippen LogP contribution in [0.5, 0.6) is 5.88 Å². The molecule has 4 heteroatoms. The van der Waals surface area contributed by atoms with E-state index in [-0.39, 0.29) is 0 Å². The lowest BCUT2D eigenvalue weighted by Gasteiger charge is -2.07. The van der Waals surface area contributed by atoms with Crippen molar-refractivity contribution in [2.75, 3.05) is 6.61 Å². The van der Waals surface area contributed by atoms with Gasteiger partial charge in [0.25, 0.3) is 0 Å². The van der Waals surface area contributed by atoms with Gasteiger partial charge in [-0.3, -0.25) is 0 Å². The van der Waals surface area contributed by atoms with Crippen LogP contribution in [0.2, 0.25) is 5.02 Å². The van der Waals surface area contributed by atoms with Crippen molar-refractivity contribution in [3.05, 3.63) is 22.8 Å². The van der Waals surface area contributed by atoms with Crippen molar-refractivity contribution in [3.63, 3.8) is 0 Å². The molecule has 0 amide bonds. The van der Waals surface area contributed by atoms with Gasteiger partial charge in [-0.2, -0.15) is 0 Å². The maximum absolute atomic E-state index is 5.92. The third kappa shape index (κ3) is 5.37. The van der Waals surface area contributed by atoms with Gasteiger partial charge in [0.2, 0.25) is 5.88 Å². The molecule has 0 spiro atoms. The summed E-state index contributed by atoms with van der Waals surface area (Å²) < 4.78 is 5.56. The van der Waals surface area contributed by atoms with Gasteiger partial charge in [-0.1, -0.05) is 44.2 Å². The molecule has 0 unspecified atom stereocenters. The predicted octanol–water partition coefficient (Wildman–Crippen LogP) is 3.54. The number of rotatable bonds is 8. The van der Waals surface area contributed by atoms with Crippen LogP contribution in [0.15, 0.2) is 12.1 Å². The zero-order valence-electron chi connectivity index (χ0n) is 10.4. The molecule has 0 atom stereocenters. The first-order chi connectivity index (χ1) is 8.27. The third-order valence-corrected chi connectivity index (χ3v) is 2.93. The molecule has 0 bridgehead atoms. The number of ether oxygens (including phenoxy) is 1. The van der Waals surface area contributed by atoms with E-state index < -0.39 is 0 Å². The zero-order valence-corrected chi connectivity index (χ0v) is 11.2. The molecule has 0 saturated carbocycles. The molecule has 1 rings (SSSR count). The first-order valence-electron chi connectivity index (χ1n) is 6.26. The van der Waals surface area contributed by atoms with Crippen LogP contribution in [0.4, 0.5) is 0 Å². The van der Waals surface area contributed by atoms with Crippen LogP contribution in [0.25, 0.3) is 0 Å². The van der Waals surface area contributed by atoms with E-state index in [9.17, 15) is 0 Å². The minimum Gasteiger partial charge on any atom is -0.478 e. The van der Waals surface area contributed by atoms with Crippen molar-refractivity contribution in [3.8, 4) is 5.88 Å². The summed E-state index contributed by atoms with van der Waals surface area (Å²) in [6, 6.07) is 3.57. The first-order valence-corrected chi connectivity index (χ1v) is 6.64. The Labute approximate surface area is 108 Å². The number of halogens is 1. The number of hydrogen-bond donors (Lipinski definition) is 1. The molecule has 0 aliphatic carbocycles. The van der Waals surface area contributed by atoms with Gasteiger partial charge in [-0.15, -0.1) is 0 Å². The normalized spacial score (nSPS) is 10.5. The van der Waals surface area contributed by atoms with Crippen LogP contribution in [0.3, 0.4) is 0 Å². The lowest BCUT2D eigenvalue weighted by atomic mass is 10.2. The molecule has 3 nitrogen and oxygen atoms in total. The van der Waals surface area contributed by atoms with Crippen molar-refractivity contribution in [2.45, 2.75) is 45.6 Å². The fourth-order valence-corrected chi connectivity index (χ4v) is 1.75. The van der Waals surface area contributed by atoms with Crippen LogP contribution in [0.1, 0.15) is 44.7 Å². The van der Waals surface area contributed by atoms with Gasteiger partial charge < -0.3 is 10.5 Å². The third-order valence-electron chi connectivity index (χ3n) is 2.58. The van der Waals surface area contributed by atoms with Gasteiger partial charge in [0, 0.05) is 12.6 Å². The summed E-state index contributed by atoms with van der Waals surface area (Å²) in [4.78, 5) is 4.25. The van der Waals surface area contributed by atoms with Crippen LogP contribution in [-0.2, 0) is 6.54 Å². The van der Waals surface area contributed by atoms with Crippen LogP contribution in [-0.4, -0.2) is 11.6 Å². The molecule has 1 aromatic rings. The highest BCUT2D eigenvalue weighted by Crippen LogP contribution is 2.17. The van der Waals surface area contributed by atoms with Crippen LogP contribution >= 0.6 is 11.6 Å². The molecular weight excluding hydrogens is 236 g/mol. The summed E-state index contributed by atoms with van der Waals surface area (Å²) in [7, 11) is 0. The Morgan fingerprint density at radius 1 is 1.24 bits per heavy atom. The Balaban J connectivity index is 2.27. The monoisotopic (exact) mass is 256 g/mol. The van der Waals surface area contributed by atoms with Crippen LogP contribution < -0.4 is 10.5 Å². The maximum atomic E-state index is 5.92. The standard InChI is InChI=1S/C13H21ClN2O/c1-2-3-4-5-6-9-17-13-8-7-11(14)12(10-15)16-13/h7-8H,2-6,9-10,15H2,1H3. The fourth-order valence-electron chi connectivity index (χ4n) is 1.57. The quantitative estimate of drug-likeness (QED) is 0.724. The Morgan fingerprint density at radius 3 is 2.71 bits per heavy atom. The van der Waals surface area contributed by atoms with Crippen LogP contribution in [0, 0.1) is 0 Å². The van der Waals surface area contributed by atoms with Gasteiger partial charge in [0.15, 0.2) is 0 Å². The topological polar surface area (TPSA) is 48.1 Å². The molecule has 1 heterocycles. The molecule has 0 fully saturated rings. The predicted molar refractivity (Wildman–Crippen MR) is 71.4 cm³/mol. The average Bonchev–Trinajstić information content (AvgIpc) is 2.35. The summed E-state index contributed by atoms with van der Waals surface area (Å²) in [5.74, 6) is 0.616. The summed E-state index contributed by atoms with van der Waals surface area (Å²) in [6.45, 7) is 3.26. The summed E-state index contributed by atoms with van der Waals surface area (Å²) in [5.41, 5.74) is 6.22. The highest BCUT2D eigenvalue weighted by molar-refractivity contribution is 6.31. The molecule has 2 N–H and O–H groups in total. The van der Waals surface area contributed by atoms with E-state index in [0.29, 0.717) is 29.7 Å². The summed E-state index contributed by atoms with van der Waals surface area (Å²) >= 11 is 5.92.